The molecule has 0 aliphatic heterocycles. The van der Waals surface area contributed by atoms with Gasteiger partial charge in [0.1, 0.15) is 18.4 Å². The molecule has 1 aromatic heterocycles. The SMILES string of the molecule is CCOc1ccccc1C(=O)NC(C(=O)OCc1cccc2cccnc12)C(C)C. The lowest BCUT2D eigenvalue weighted by Gasteiger charge is -2.21. The second-order valence-electron chi connectivity index (χ2n) is 7.22. The Morgan fingerprint density at radius 3 is 2.57 bits per heavy atom. The molecule has 0 aliphatic rings. The summed E-state index contributed by atoms with van der Waals surface area (Å²) in [7, 11) is 0. The van der Waals surface area contributed by atoms with Crippen LogP contribution >= 0.6 is 0 Å². The molecule has 3 aromatic rings. The Hall–Kier alpha value is -3.41. The number of ether oxygens (including phenoxy) is 2. The van der Waals surface area contributed by atoms with Crippen molar-refractivity contribution in [3.05, 3.63) is 71.9 Å². The Balaban J connectivity index is 1.71. The molecule has 0 bridgehead atoms. The van der Waals surface area contributed by atoms with Gasteiger partial charge in [0.25, 0.3) is 5.91 Å². The van der Waals surface area contributed by atoms with E-state index in [0.717, 1.165) is 16.5 Å². The van der Waals surface area contributed by atoms with Gasteiger partial charge in [0.15, 0.2) is 0 Å². The molecule has 1 heterocycles. The maximum Gasteiger partial charge on any atom is 0.329 e. The molecule has 0 saturated carbocycles. The molecule has 0 fully saturated rings. The highest BCUT2D eigenvalue weighted by atomic mass is 16.5. The highest BCUT2D eigenvalue weighted by molar-refractivity contribution is 5.99. The van der Waals surface area contributed by atoms with Gasteiger partial charge >= 0.3 is 5.97 Å². The Morgan fingerprint density at radius 2 is 1.80 bits per heavy atom. The lowest BCUT2D eigenvalue weighted by molar-refractivity contribution is -0.148. The molecule has 2 aromatic carbocycles. The van der Waals surface area contributed by atoms with E-state index in [0.29, 0.717) is 17.9 Å². The van der Waals surface area contributed by atoms with Crippen LogP contribution in [-0.4, -0.2) is 29.5 Å². The fraction of sp³-hybridized carbons (Fsp3) is 0.292. The number of nitrogens with zero attached hydrogens (tertiary/aromatic N) is 1. The molecule has 6 nitrogen and oxygen atoms in total. The average molecular weight is 406 g/mol. The second-order valence-corrected chi connectivity index (χ2v) is 7.22. The molecule has 1 atom stereocenters. The third-order valence-electron chi connectivity index (χ3n) is 4.72. The average Bonchev–Trinajstić information content (AvgIpc) is 2.76. The highest BCUT2D eigenvalue weighted by Crippen LogP contribution is 2.20. The van der Waals surface area contributed by atoms with Crippen LogP contribution in [0.4, 0.5) is 0 Å². The third kappa shape index (κ3) is 4.95. The van der Waals surface area contributed by atoms with E-state index in [9.17, 15) is 9.59 Å². The smallest absolute Gasteiger partial charge is 0.329 e. The lowest BCUT2D eigenvalue weighted by Crippen LogP contribution is -2.45. The molecule has 1 N–H and O–H groups in total. The van der Waals surface area contributed by atoms with Crippen LogP contribution in [0.15, 0.2) is 60.8 Å². The maximum atomic E-state index is 12.8. The van der Waals surface area contributed by atoms with E-state index in [1.165, 1.54) is 0 Å². The van der Waals surface area contributed by atoms with Crippen molar-refractivity contribution in [2.45, 2.75) is 33.4 Å². The lowest BCUT2D eigenvalue weighted by atomic mass is 10.0. The minimum absolute atomic E-state index is 0.0851. The number of pyridine rings is 1. The van der Waals surface area contributed by atoms with Gasteiger partial charge in [-0.05, 0) is 31.0 Å². The molecule has 1 amide bonds. The summed E-state index contributed by atoms with van der Waals surface area (Å²) in [6.45, 7) is 6.10. The number of rotatable bonds is 8. The molecular weight excluding hydrogens is 380 g/mol. The van der Waals surface area contributed by atoms with Gasteiger partial charge in [0, 0.05) is 17.1 Å². The molecule has 30 heavy (non-hydrogen) atoms. The number of nitrogens with one attached hydrogen (secondary N) is 1. The van der Waals surface area contributed by atoms with Crippen LogP contribution in [0, 0.1) is 5.92 Å². The number of esters is 1. The fourth-order valence-corrected chi connectivity index (χ4v) is 3.17. The first kappa shape index (κ1) is 21.3. The van der Waals surface area contributed by atoms with E-state index in [4.69, 9.17) is 9.47 Å². The van der Waals surface area contributed by atoms with Gasteiger partial charge in [-0.25, -0.2) is 4.79 Å². The number of benzene rings is 2. The van der Waals surface area contributed by atoms with E-state index < -0.39 is 12.0 Å². The molecule has 0 saturated heterocycles. The number of fused-ring (bicyclic) bond motifs is 1. The minimum Gasteiger partial charge on any atom is -0.493 e. The zero-order valence-corrected chi connectivity index (χ0v) is 17.4. The van der Waals surface area contributed by atoms with Crippen LogP contribution in [0.3, 0.4) is 0 Å². The quantitative estimate of drug-likeness (QED) is 0.569. The van der Waals surface area contributed by atoms with Crippen LogP contribution in [-0.2, 0) is 16.1 Å². The van der Waals surface area contributed by atoms with Crippen molar-refractivity contribution in [3.8, 4) is 5.75 Å². The van der Waals surface area contributed by atoms with Crippen molar-refractivity contribution in [1.82, 2.24) is 10.3 Å². The van der Waals surface area contributed by atoms with E-state index >= 15 is 0 Å². The Bertz CT molecular complexity index is 1030. The first-order valence-electron chi connectivity index (χ1n) is 10.0. The van der Waals surface area contributed by atoms with Crippen molar-refractivity contribution in [2.75, 3.05) is 6.61 Å². The molecule has 3 rings (SSSR count). The van der Waals surface area contributed by atoms with E-state index in [2.05, 4.69) is 10.3 Å². The van der Waals surface area contributed by atoms with Crippen LogP contribution in [0.25, 0.3) is 10.9 Å². The number of carbonyl (C=O) groups is 2. The number of carbonyl (C=O) groups excluding carboxylic acids is 2. The highest BCUT2D eigenvalue weighted by Gasteiger charge is 2.27. The van der Waals surface area contributed by atoms with Crippen molar-refractivity contribution >= 4 is 22.8 Å². The zero-order valence-electron chi connectivity index (χ0n) is 17.4. The summed E-state index contributed by atoms with van der Waals surface area (Å²) < 4.78 is 11.1. The predicted molar refractivity (Wildman–Crippen MR) is 115 cm³/mol. The maximum absolute atomic E-state index is 12.8. The van der Waals surface area contributed by atoms with Gasteiger partial charge in [-0.15, -0.1) is 0 Å². The molecular formula is C24H26N2O4. The minimum atomic E-state index is -0.782. The van der Waals surface area contributed by atoms with Crippen molar-refractivity contribution in [3.63, 3.8) is 0 Å². The Labute approximate surface area is 176 Å². The summed E-state index contributed by atoms with van der Waals surface area (Å²) in [5.41, 5.74) is 2.00. The molecule has 0 aliphatic carbocycles. The van der Waals surface area contributed by atoms with Crippen molar-refractivity contribution in [1.29, 1.82) is 0 Å². The predicted octanol–water partition coefficient (Wildman–Crippen LogP) is 4.13. The standard InChI is InChI=1S/C24H26N2O4/c1-4-29-20-13-6-5-12-19(20)23(27)26-21(16(2)3)24(28)30-15-18-10-7-9-17-11-8-14-25-22(17)18/h5-14,16,21H,4,15H2,1-3H3,(H,26,27). The number of hydrogen-bond acceptors (Lipinski definition) is 5. The second kappa shape index (κ2) is 9.87. The Kier molecular flexibility index (Phi) is 7.01. The van der Waals surface area contributed by atoms with Gasteiger partial charge in [0.2, 0.25) is 0 Å². The van der Waals surface area contributed by atoms with Gasteiger partial charge in [-0.2, -0.15) is 0 Å². The number of amides is 1. The van der Waals surface area contributed by atoms with Crippen LogP contribution < -0.4 is 10.1 Å². The van der Waals surface area contributed by atoms with E-state index in [-0.39, 0.29) is 18.4 Å². The number of aromatic nitrogens is 1. The van der Waals surface area contributed by atoms with Crippen LogP contribution in [0.2, 0.25) is 0 Å². The third-order valence-corrected chi connectivity index (χ3v) is 4.72. The fourth-order valence-electron chi connectivity index (χ4n) is 3.17. The number of hydrogen-bond donors (Lipinski definition) is 1. The molecule has 6 heteroatoms. The first-order valence-corrected chi connectivity index (χ1v) is 10.0. The van der Waals surface area contributed by atoms with Gasteiger partial charge in [0.05, 0.1) is 17.7 Å². The summed E-state index contributed by atoms with van der Waals surface area (Å²) in [6, 6.07) is 15.7. The summed E-state index contributed by atoms with van der Waals surface area (Å²) in [4.78, 5) is 30.0. The van der Waals surface area contributed by atoms with E-state index in [1.807, 2.05) is 51.1 Å². The van der Waals surface area contributed by atoms with Crippen molar-refractivity contribution in [2.24, 2.45) is 5.92 Å². The van der Waals surface area contributed by atoms with Crippen molar-refractivity contribution < 1.29 is 19.1 Å². The van der Waals surface area contributed by atoms with Crippen LogP contribution in [0.5, 0.6) is 5.75 Å². The van der Waals surface area contributed by atoms with E-state index in [1.54, 1.807) is 30.5 Å². The summed E-state index contributed by atoms with van der Waals surface area (Å²) in [5.74, 6) is -0.525. The molecule has 0 radical (unpaired) electrons. The molecule has 156 valence electrons. The normalized spacial score (nSPS) is 11.9. The summed E-state index contributed by atoms with van der Waals surface area (Å²) >= 11 is 0. The Morgan fingerprint density at radius 1 is 1.03 bits per heavy atom. The van der Waals surface area contributed by atoms with Gasteiger partial charge < -0.3 is 14.8 Å². The zero-order chi connectivity index (χ0) is 21.5. The first-order chi connectivity index (χ1) is 14.5. The van der Waals surface area contributed by atoms with Crippen LogP contribution in [0.1, 0.15) is 36.7 Å². The van der Waals surface area contributed by atoms with Gasteiger partial charge in [-0.1, -0.05) is 50.2 Å². The topological polar surface area (TPSA) is 77.5 Å². The molecule has 1 unspecified atom stereocenters. The summed E-state index contributed by atoms with van der Waals surface area (Å²) in [5, 5.41) is 3.77. The largest absolute Gasteiger partial charge is 0.493 e. The van der Waals surface area contributed by atoms with Gasteiger partial charge in [-0.3, -0.25) is 9.78 Å². The number of para-hydroxylation sites is 2. The summed E-state index contributed by atoms with van der Waals surface area (Å²) in [6.07, 6.45) is 1.71. The molecule has 0 spiro atoms. The monoisotopic (exact) mass is 406 g/mol.